The van der Waals surface area contributed by atoms with E-state index in [1.165, 1.54) is 0 Å². The van der Waals surface area contributed by atoms with Crippen LogP contribution in [-0.4, -0.2) is 333 Å². The Morgan fingerprint density at radius 1 is 0.438 bits per heavy atom. The Balaban J connectivity index is 1.48. The standard InChI is InChI=1S/C40H70N2O31/c1-10(49)41-19-26(58)33(71-38-29(61)27(59)22(54)14(5-45)66-38)17(8-48)68-36(19)64-9-18-25(57)35(31(63)40(69-18)70-32(13(52)4-44)21(53)12(51)3-43)73-37-20(42-11(2)50)34(24(56)16(7-47)65-37)72-39-30(62)28(60)23(55)15(6-46)67-39/h12-40,43-48,51-63H,3-9H2,1-2H3,(H,41,49)(H,42,50)/t12-,13+,14+,15+,16+,17+,18+,19+,20+,21+,22-,23-,24+,25-,26-,27-,28-,29+,30+,31+,32+,33+,34+,35-,36+,37-,38-,39-,40-/m0/s1. The van der Waals surface area contributed by atoms with Crippen molar-refractivity contribution in [2.24, 2.45) is 0 Å². The average molecular weight is 1070 g/mol. The predicted octanol–water partition coefficient (Wildman–Crippen LogP) is -14.2. The van der Waals surface area contributed by atoms with Gasteiger partial charge in [0.05, 0.1) is 46.2 Å². The SMILES string of the molecule is CC(=O)N[C@H]1[C@H](OC[C@H]2O[C@@H](O[C@@H]([C@H](O)[C@@H](O)CO)[C@H](O)CO)[C@H](O)[C@@H](O[C@@H]3O[C@H](CO)[C@@H](O)[C@H](O[C@@H]4O[C@H](CO)[C@H](O)[C@H](O)[C@H]4O)[C@H]3NC(C)=O)[C@H]2O)O[C@H](CO)[C@@H](O[C@@H]2O[C@H](CO)[C@H](O)[C@H](O)[C@H]2O)[C@H]1O. The minimum atomic E-state index is -2.34. The van der Waals surface area contributed by atoms with E-state index >= 15 is 0 Å². The first-order valence-corrected chi connectivity index (χ1v) is 23.0. The summed E-state index contributed by atoms with van der Waals surface area (Å²) in [7, 11) is 0. The number of hydrogen-bond donors (Lipinski definition) is 21. The minimum absolute atomic E-state index is 0.826. The summed E-state index contributed by atoms with van der Waals surface area (Å²) in [5.41, 5.74) is 0. The predicted molar refractivity (Wildman–Crippen MR) is 225 cm³/mol. The number of carbonyl (C=O) groups excluding carboxylic acids is 2. The second kappa shape index (κ2) is 27.4. The lowest BCUT2D eigenvalue weighted by atomic mass is 9.94. The summed E-state index contributed by atoms with van der Waals surface area (Å²) in [5.74, 6) is -1.71. The summed E-state index contributed by atoms with van der Waals surface area (Å²) in [6, 6.07) is -3.51. The first-order chi connectivity index (χ1) is 34.5. The van der Waals surface area contributed by atoms with E-state index in [-0.39, 0.29) is 0 Å². The summed E-state index contributed by atoms with van der Waals surface area (Å²) < 4.78 is 57.3. The molecule has 5 fully saturated rings. The minimum Gasteiger partial charge on any atom is -0.394 e. The van der Waals surface area contributed by atoms with Crippen molar-refractivity contribution >= 4 is 11.8 Å². The van der Waals surface area contributed by atoms with Gasteiger partial charge in [-0.25, -0.2) is 0 Å². The van der Waals surface area contributed by atoms with Crippen LogP contribution in [0.1, 0.15) is 13.8 Å². The smallest absolute Gasteiger partial charge is 0.217 e. The van der Waals surface area contributed by atoms with Crippen LogP contribution in [0.2, 0.25) is 0 Å². The molecule has 426 valence electrons. The van der Waals surface area contributed by atoms with Crippen molar-refractivity contribution < 1.29 is 154 Å². The maximum absolute atomic E-state index is 12.7. The highest BCUT2D eigenvalue weighted by atomic mass is 16.8. The molecule has 5 saturated heterocycles. The molecule has 29 atom stereocenters. The largest absolute Gasteiger partial charge is 0.394 e. The monoisotopic (exact) mass is 1070 g/mol. The van der Waals surface area contributed by atoms with E-state index in [0.29, 0.717) is 0 Å². The second-order valence-corrected chi connectivity index (χ2v) is 18.0. The first kappa shape index (κ1) is 61.6. The van der Waals surface area contributed by atoms with Crippen LogP contribution in [0.4, 0.5) is 0 Å². The molecule has 0 aromatic rings. The molecule has 0 aromatic carbocycles. The summed E-state index contributed by atoms with van der Waals surface area (Å²) in [5, 5.41) is 205. The molecule has 0 saturated carbocycles. The van der Waals surface area contributed by atoms with Crippen molar-refractivity contribution in [1.29, 1.82) is 0 Å². The lowest BCUT2D eigenvalue weighted by Crippen LogP contribution is -2.70. The highest BCUT2D eigenvalue weighted by Gasteiger charge is 2.57. The van der Waals surface area contributed by atoms with Crippen molar-refractivity contribution in [2.45, 2.75) is 192 Å². The van der Waals surface area contributed by atoms with Crippen molar-refractivity contribution in [1.82, 2.24) is 10.6 Å². The van der Waals surface area contributed by atoms with Gasteiger partial charge >= 0.3 is 0 Å². The highest BCUT2D eigenvalue weighted by Crippen LogP contribution is 2.35. The Hall–Kier alpha value is -2.22. The molecule has 5 heterocycles. The molecule has 5 aliphatic heterocycles. The van der Waals surface area contributed by atoms with E-state index in [1.807, 2.05) is 0 Å². The number of rotatable bonds is 22. The maximum atomic E-state index is 12.7. The van der Waals surface area contributed by atoms with E-state index in [1.54, 1.807) is 0 Å². The number of amides is 2. The van der Waals surface area contributed by atoms with Gasteiger partial charge in [0.25, 0.3) is 0 Å². The molecule has 73 heavy (non-hydrogen) atoms. The molecule has 0 spiro atoms. The third kappa shape index (κ3) is 14.1. The van der Waals surface area contributed by atoms with Crippen LogP contribution in [-0.2, 0) is 57.0 Å². The number of hydrogen-bond acceptors (Lipinski definition) is 31. The van der Waals surface area contributed by atoms with E-state index in [4.69, 9.17) is 47.4 Å². The summed E-state index contributed by atoms with van der Waals surface area (Å²) in [6.45, 7) is -5.11. The van der Waals surface area contributed by atoms with Gasteiger partial charge in [0.1, 0.15) is 146 Å². The first-order valence-electron chi connectivity index (χ1n) is 23.0. The zero-order valence-electron chi connectivity index (χ0n) is 39.1. The number of ether oxygens (including phenoxy) is 10. The quantitative estimate of drug-likeness (QED) is 0.0479. The fourth-order valence-electron chi connectivity index (χ4n) is 8.81. The molecule has 33 nitrogen and oxygen atoms in total. The molecule has 5 aliphatic rings. The Morgan fingerprint density at radius 2 is 0.863 bits per heavy atom. The van der Waals surface area contributed by atoms with Gasteiger partial charge in [-0.1, -0.05) is 0 Å². The molecule has 0 aromatic heterocycles. The maximum Gasteiger partial charge on any atom is 0.217 e. The van der Waals surface area contributed by atoms with Crippen molar-refractivity contribution in [2.75, 3.05) is 46.2 Å². The van der Waals surface area contributed by atoms with Gasteiger partial charge in [-0.2, -0.15) is 0 Å². The van der Waals surface area contributed by atoms with Crippen LogP contribution in [0.5, 0.6) is 0 Å². The Kier molecular flexibility index (Phi) is 23.1. The normalized spacial score (nSPS) is 45.2. The molecule has 5 rings (SSSR count). The van der Waals surface area contributed by atoms with Crippen LogP contribution in [0, 0.1) is 0 Å². The van der Waals surface area contributed by atoms with Gasteiger partial charge in [-0.3, -0.25) is 9.59 Å². The molecule has 0 aliphatic carbocycles. The number of carbonyl (C=O) groups is 2. The zero-order valence-corrected chi connectivity index (χ0v) is 39.1. The zero-order chi connectivity index (χ0) is 54.3. The molecule has 0 radical (unpaired) electrons. The van der Waals surface area contributed by atoms with Crippen molar-refractivity contribution in [3.63, 3.8) is 0 Å². The molecule has 0 unspecified atom stereocenters. The summed E-state index contributed by atoms with van der Waals surface area (Å²) in [6.07, 6.45) is -52.9. The van der Waals surface area contributed by atoms with Crippen molar-refractivity contribution in [3.8, 4) is 0 Å². The molecule has 33 heteroatoms. The van der Waals surface area contributed by atoms with Crippen LogP contribution < -0.4 is 10.6 Å². The summed E-state index contributed by atoms with van der Waals surface area (Å²) >= 11 is 0. The second-order valence-electron chi connectivity index (χ2n) is 18.0. The lowest BCUT2D eigenvalue weighted by Gasteiger charge is -2.50. The molecule has 0 bridgehead atoms. The molecular formula is C40H70N2O31. The van der Waals surface area contributed by atoms with E-state index in [9.17, 15) is 107 Å². The van der Waals surface area contributed by atoms with Crippen LogP contribution in [0.25, 0.3) is 0 Å². The van der Waals surface area contributed by atoms with Crippen LogP contribution >= 0.6 is 0 Å². The van der Waals surface area contributed by atoms with Crippen molar-refractivity contribution in [3.05, 3.63) is 0 Å². The summed E-state index contributed by atoms with van der Waals surface area (Å²) in [4.78, 5) is 25.2. The van der Waals surface area contributed by atoms with Gasteiger partial charge in [0.2, 0.25) is 11.8 Å². The van der Waals surface area contributed by atoms with Gasteiger partial charge in [-0.05, 0) is 0 Å². The Bertz CT molecular complexity index is 1700. The highest BCUT2D eigenvalue weighted by molar-refractivity contribution is 5.73. The van der Waals surface area contributed by atoms with Crippen LogP contribution in [0.15, 0.2) is 0 Å². The van der Waals surface area contributed by atoms with Gasteiger partial charge in [0, 0.05) is 13.8 Å². The number of aliphatic hydroxyl groups excluding tert-OH is 19. The third-order valence-electron chi connectivity index (χ3n) is 12.9. The molecule has 21 N–H and O–H groups in total. The molecular weight excluding hydrogens is 1000 g/mol. The fourth-order valence-corrected chi connectivity index (χ4v) is 8.81. The number of nitrogens with one attached hydrogen (secondary N) is 2. The average Bonchev–Trinajstić information content (AvgIpc) is 3.36. The Morgan fingerprint density at radius 3 is 1.36 bits per heavy atom. The van der Waals surface area contributed by atoms with Gasteiger partial charge in [0.15, 0.2) is 31.5 Å². The fraction of sp³-hybridized carbons (Fsp3) is 0.950. The van der Waals surface area contributed by atoms with Crippen LogP contribution in [0.3, 0.4) is 0 Å². The Labute approximate surface area is 414 Å². The molecule has 2 amide bonds. The topological polar surface area (TPSA) is 535 Å². The van der Waals surface area contributed by atoms with E-state index < -0.39 is 236 Å². The third-order valence-corrected chi connectivity index (χ3v) is 12.9. The van der Waals surface area contributed by atoms with Gasteiger partial charge in [-0.15, -0.1) is 0 Å². The lowest BCUT2D eigenvalue weighted by molar-refractivity contribution is -0.376. The van der Waals surface area contributed by atoms with Gasteiger partial charge < -0.3 is 155 Å². The number of aliphatic hydroxyl groups is 19. The van der Waals surface area contributed by atoms with E-state index in [0.717, 1.165) is 13.8 Å². The van der Waals surface area contributed by atoms with E-state index in [2.05, 4.69) is 10.6 Å².